The Labute approximate surface area is 220 Å². The number of hydrogen-bond acceptors (Lipinski definition) is 2. The molecule has 0 aliphatic heterocycles. The highest BCUT2D eigenvalue weighted by molar-refractivity contribution is 5.71. The maximum absolute atomic E-state index is 10.2. The first-order valence-electron chi connectivity index (χ1n) is 13.6. The topological polar surface area (TPSA) is 29.1 Å². The zero-order valence-corrected chi connectivity index (χ0v) is 23.3. The number of unbranched alkanes of at least 4 members (excludes halogenated alkanes) is 2. The molecule has 0 aliphatic rings. The van der Waals surface area contributed by atoms with Gasteiger partial charge in [0.2, 0.25) is 0 Å². The van der Waals surface area contributed by atoms with Crippen molar-refractivity contribution in [2.45, 2.75) is 79.1 Å². The normalized spacial score (nSPS) is 9.81. The van der Waals surface area contributed by atoms with E-state index < -0.39 is 0 Å². The van der Waals surface area contributed by atoms with Crippen LogP contribution in [0.1, 0.15) is 82.9 Å². The molecule has 36 heavy (non-hydrogen) atoms. The molecule has 0 unspecified atom stereocenters. The van der Waals surface area contributed by atoms with Crippen LogP contribution in [0.2, 0.25) is 0 Å². The molecule has 0 heterocycles. The molecule has 2 nitrogen and oxygen atoms in total. The van der Waals surface area contributed by atoms with Crippen molar-refractivity contribution in [3.63, 3.8) is 0 Å². The van der Waals surface area contributed by atoms with Gasteiger partial charge >= 0.3 is 0 Å². The van der Waals surface area contributed by atoms with Gasteiger partial charge in [-0.1, -0.05) is 114 Å². The molecule has 0 amide bonds. The van der Waals surface area contributed by atoms with Gasteiger partial charge in [-0.25, -0.2) is 0 Å². The van der Waals surface area contributed by atoms with Gasteiger partial charge < -0.3 is 10.1 Å². The highest BCUT2D eigenvalue weighted by Crippen LogP contribution is 2.28. The molecule has 0 saturated carbocycles. The van der Waals surface area contributed by atoms with Crippen molar-refractivity contribution < 1.29 is 4.79 Å². The first-order chi connectivity index (χ1) is 17.5. The Morgan fingerprint density at radius 1 is 0.889 bits per heavy atom. The molecule has 1 N–H and O–H groups in total. The minimum atomic E-state index is 0.564. The Balaban J connectivity index is 0.000000337. The van der Waals surface area contributed by atoms with Crippen LogP contribution < -0.4 is 5.32 Å². The molecule has 0 atom stereocenters. The molecular formula is C34H47NO. The van der Waals surface area contributed by atoms with Gasteiger partial charge in [-0.2, -0.15) is 0 Å². The number of benzene rings is 3. The van der Waals surface area contributed by atoms with Crippen LogP contribution in [0.25, 0.3) is 16.7 Å². The minimum absolute atomic E-state index is 0.564. The van der Waals surface area contributed by atoms with E-state index in [9.17, 15) is 4.79 Å². The molecule has 0 fully saturated rings. The molecule has 0 saturated heterocycles. The molecule has 3 aromatic rings. The Morgan fingerprint density at radius 3 is 2.11 bits per heavy atom. The molecule has 3 aromatic carbocycles. The molecule has 3 rings (SSSR count). The number of nitrogens with one attached hydrogen (secondary N) is 1. The number of aldehydes is 1. The fraction of sp³-hybridized carbons (Fsp3) is 0.382. The Hall–Kier alpha value is -3.13. The second-order valence-corrected chi connectivity index (χ2v) is 9.01. The molecule has 0 aliphatic carbocycles. The summed E-state index contributed by atoms with van der Waals surface area (Å²) < 4.78 is 0. The molecule has 0 aromatic heterocycles. The lowest BCUT2D eigenvalue weighted by Gasteiger charge is -2.12. The third kappa shape index (κ3) is 11.5. The number of hydrogen-bond donors (Lipinski definition) is 1. The second-order valence-electron chi connectivity index (χ2n) is 9.01. The fourth-order valence-corrected chi connectivity index (χ4v) is 3.76. The van der Waals surface area contributed by atoms with Crippen LogP contribution in [0.5, 0.6) is 0 Å². The van der Waals surface area contributed by atoms with Gasteiger partial charge in [-0.15, -0.1) is 0 Å². The number of rotatable bonds is 11. The van der Waals surface area contributed by atoms with Crippen molar-refractivity contribution in [3.8, 4) is 11.1 Å². The Bertz CT molecular complexity index is 989. The molecule has 0 spiro atoms. The van der Waals surface area contributed by atoms with Crippen LogP contribution in [0, 0.1) is 0 Å². The average Bonchev–Trinajstić information content (AvgIpc) is 2.93. The van der Waals surface area contributed by atoms with Crippen LogP contribution in [-0.2, 0) is 17.6 Å². The monoisotopic (exact) mass is 485 g/mol. The van der Waals surface area contributed by atoms with Crippen molar-refractivity contribution in [1.29, 1.82) is 0 Å². The highest BCUT2D eigenvalue weighted by atomic mass is 16.1. The molecule has 2 heteroatoms. The molecule has 0 bridgehead atoms. The maximum atomic E-state index is 10.2. The summed E-state index contributed by atoms with van der Waals surface area (Å²) in [6, 6.07) is 25.8. The summed E-state index contributed by atoms with van der Waals surface area (Å²) in [7, 11) is 1.97. The van der Waals surface area contributed by atoms with Crippen LogP contribution in [0.4, 0.5) is 5.69 Å². The van der Waals surface area contributed by atoms with E-state index in [-0.39, 0.29) is 0 Å². The number of carbonyl (C=O) groups excluding carboxylic acids is 1. The van der Waals surface area contributed by atoms with Gasteiger partial charge in [-0.05, 0) is 71.2 Å². The summed E-state index contributed by atoms with van der Waals surface area (Å²) in [6.45, 7) is 12.6. The van der Waals surface area contributed by atoms with E-state index in [0.717, 1.165) is 30.3 Å². The van der Waals surface area contributed by atoms with Crippen molar-refractivity contribution in [2.24, 2.45) is 0 Å². The summed E-state index contributed by atoms with van der Waals surface area (Å²) in [5.41, 5.74) is 8.83. The van der Waals surface area contributed by atoms with E-state index in [4.69, 9.17) is 0 Å². The highest BCUT2D eigenvalue weighted by Gasteiger charge is 2.06. The molecular weight excluding hydrogens is 438 g/mol. The van der Waals surface area contributed by atoms with Crippen LogP contribution >= 0.6 is 0 Å². The van der Waals surface area contributed by atoms with Gasteiger partial charge in [-0.3, -0.25) is 0 Å². The predicted octanol–water partition coefficient (Wildman–Crippen LogP) is 9.79. The maximum Gasteiger partial charge on any atom is 0.120 e. The lowest BCUT2D eigenvalue weighted by molar-refractivity contribution is -0.107. The largest absolute Gasteiger partial charge is 0.388 e. The van der Waals surface area contributed by atoms with Gasteiger partial charge in [0.05, 0.1) is 0 Å². The predicted molar refractivity (Wildman–Crippen MR) is 161 cm³/mol. The summed E-state index contributed by atoms with van der Waals surface area (Å²) in [5, 5.41) is 3.23. The Morgan fingerprint density at radius 2 is 1.56 bits per heavy atom. The number of carbonyl (C=O) groups is 1. The zero-order valence-electron chi connectivity index (χ0n) is 23.3. The van der Waals surface area contributed by atoms with E-state index in [0.29, 0.717) is 6.42 Å². The average molecular weight is 486 g/mol. The van der Waals surface area contributed by atoms with E-state index in [1.54, 1.807) is 0 Å². The summed E-state index contributed by atoms with van der Waals surface area (Å²) in [5.74, 6) is 0. The minimum Gasteiger partial charge on any atom is -0.388 e. The smallest absolute Gasteiger partial charge is 0.120 e. The van der Waals surface area contributed by atoms with Crippen molar-refractivity contribution >= 4 is 17.5 Å². The number of aryl methyl sites for hydroxylation is 2. The SMILES string of the molecule is C=C(CCC=O)c1ccc(CC)cc1.CCC.CCCCCc1ccc(NC)cc1-c1ccccc1. The van der Waals surface area contributed by atoms with Gasteiger partial charge in [0.25, 0.3) is 0 Å². The number of allylic oxidation sites excluding steroid dienone is 1. The van der Waals surface area contributed by atoms with Crippen molar-refractivity contribution in [1.82, 2.24) is 0 Å². The van der Waals surface area contributed by atoms with Crippen LogP contribution in [0.3, 0.4) is 0 Å². The summed E-state index contributed by atoms with van der Waals surface area (Å²) in [4.78, 5) is 10.2. The summed E-state index contributed by atoms with van der Waals surface area (Å²) in [6.07, 6.45) is 9.59. The number of anilines is 1. The van der Waals surface area contributed by atoms with E-state index in [1.807, 2.05) is 7.05 Å². The first-order valence-corrected chi connectivity index (χ1v) is 13.6. The van der Waals surface area contributed by atoms with Gasteiger partial charge in [0, 0.05) is 19.2 Å². The van der Waals surface area contributed by atoms with Crippen LogP contribution in [-0.4, -0.2) is 13.3 Å². The quantitative estimate of drug-likeness (QED) is 0.216. The van der Waals surface area contributed by atoms with E-state index in [1.165, 1.54) is 60.0 Å². The van der Waals surface area contributed by atoms with Gasteiger partial charge in [0.15, 0.2) is 0 Å². The standard InChI is InChI=1S/C18H23N.C13H16O.C3H8/c1-3-4-6-9-16-12-13-17(19-2)14-18(16)15-10-7-5-8-11-15;1-3-12-6-8-13(9-7-12)11(2)5-4-10-14;1-3-2/h5,7-8,10-14,19H,3-4,6,9H2,1-2H3;6-10H,2-5H2,1H3;3H2,1-2H3. The third-order valence-electron chi connectivity index (χ3n) is 5.87. The van der Waals surface area contributed by atoms with Crippen LogP contribution in [0.15, 0.2) is 79.4 Å². The van der Waals surface area contributed by atoms with E-state index >= 15 is 0 Å². The van der Waals surface area contributed by atoms with Gasteiger partial charge in [0.1, 0.15) is 6.29 Å². The lowest BCUT2D eigenvalue weighted by Crippen LogP contribution is -1.94. The lowest BCUT2D eigenvalue weighted by atomic mass is 9.95. The molecule has 194 valence electrons. The van der Waals surface area contributed by atoms with Crippen molar-refractivity contribution in [3.05, 3.63) is 96.1 Å². The third-order valence-corrected chi connectivity index (χ3v) is 5.87. The fourth-order valence-electron chi connectivity index (χ4n) is 3.76. The van der Waals surface area contributed by atoms with E-state index in [2.05, 4.69) is 112 Å². The molecule has 0 radical (unpaired) electrons. The first kappa shape index (κ1) is 30.9. The zero-order chi connectivity index (χ0) is 26.6. The van der Waals surface area contributed by atoms with Crippen molar-refractivity contribution in [2.75, 3.05) is 12.4 Å². The Kier molecular flexibility index (Phi) is 16.4. The summed E-state index contributed by atoms with van der Waals surface area (Å²) >= 11 is 0. The second kappa shape index (κ2) is 19.1.